The number of piperidine rings is 1. The molecular weight excluding hydrogens is 510 g/mol. The van der Waals surface area contributed by atoms with Gasteiger partial charge in [0.2, 0.25) is 15.9 Å². The number of benzene rings is 3. The first-order valence-electron chi connectivity index (χ1n) is 12.4. The van der Waals surface area contributed by atoms with Crippen LogP contribution in [0.15, 0.2) is 54.6 Å². The molecule has 1 atom stereocenters. The predicted octanol–water partition coefficient (Wildman–Crippen LogP) is 5.57. The molecule has 1 amide bonds. The third kappa shape index (κ3) is 6.10. The van der Waals surface area contributed by atoms with Crippen molar-refractivity contribution in [2.45, 2.75) is 39.5 Å². The first-order chi connectivity index (χ1) is 17.9. The number of hydrogen-bond acceptors (Lipinski definition) is 4. The zero-order chi connectivity index (χ0) is 27.6. The zero-order valence-electron chi connectivity index (χ0n) is 21.6. The van der Waals surface area contributed by atoms with Crippen LogP contribution < -0.4 is 9.62 Å². The lowest BCUT2D eigenvalue weighted by atomic mass is 9.89. The molecule has 3 aromatic rings. The van der Waals surface area contributed by atoms with E-state index >= 15 is 4.39 Å². The minimum absolute atomic E-state index is 0.00714. The van der Waals surface area contributed by atoms with Crippen molar-refractivity contribution in [2.75, 3.05) is 22.4 Å². The minimum atomic E-state index is -3.58. The highest BCUT2D eigenvalue weighted by Gasteiger charge is 2.32. The average molecular weight is 541 g/mol. The number of Topliss-reactive ketones (excluding diaryl/α,β-unsaturated/α-hetero) is 1. The van der Waals surface area contributed by atoms with Crippen molar-refractivity contribution >= 4 is 33.1 Å². The number of halogens is 2. The largest absolute Gasteiger partial charge is 0.312 e. The number of carbonyl (C=O) groups excluding carboxylic acids is 2. The van der Waals surface area contributed by atoms with Gasteiger partial charge in [-0.2, -0.15) is 0 Å². The van der Waals surface area contributed by atoms with Crippen LogP contribution in [0.3, 0.4) is 0 Å². The van der Waals surface area contributed by atoms with Gasteiger partial charge in [-0.25, -0.2) is 17.2 Å². The van der Waals surface area contributed by atoms with Gasteiger partial charge in [0, 0.05) is 47.7 Å². The molecule has 0 radical (unpaired) electrons. The normalized spacial score (nSPS) is 16.0. The van der Waals surface area contributed by atoms with Crippen molar-refractivity contribution < 1.29 is 26.8 Å². The predicted molar refractivity (Wildman–Crippen MR) is 145 cm³/mol. The molecule has 0 aliphatic carbocycles. The van der Waals surface area contributed by atoms with Gasteiger partial charge in [0.05, 0.1) is 11.9 Å². The Bertz CT molecular complexity index is 1500. The highest BCUT2D eigenvalue weighted by Crippen LogP contribution is 2.37. The molecule has 1 heterocycles. The molecule has 0 bridgehead atoms. The van der Waals surface area contributed by atoms with Gasteiger partial charge in [0.15, 0.2) is 0 Å². The summed E-state index contributed by atoms with van der Waals surface area (Å²) in [7, 11) is -3.58. The van der Waals surface area contributed by atoms with Crippen molar-refractivity contribution in [2.24, 2.45) is 5.92 Å². The Morgan fingerprint density at radius 3 is 2.50 bits per heavy atom. The molecule has 0 spiro atoms. The standard InChI is InChI=1S/C29H30F2N2O4S/c1-18-10-11-20(25(30)15-18)16-22(34)17-21-7-6-14-33(29(21)35)27-13-12-24(28(31)19(27)2)23-8-4-5-9-26(23)32-38(3,36)37/h4-5,8-13,15,21,32H,6-7,14,16-17H2,1-3H3/t21-/m0/s1. The van der Waals surface area contributed by atoms with Gasteiger partial charge in [0.25, 0.3) is 0 Å². The van der Waals surface area contributed by atoms with E-state index in [9.17, 15) is 22.4 Å². The van der Waals surface area contributed by atoms with Gasteiger partial charge in [-0.3, -0.25) is 14.3 Å². The lowest BCUT2D eigenvalue weighted by molar-refractivity contribution is -0.128. The maximum atomic E-state index is 15.7. The minimum Gasteiger partial charge on any atom is -0.312 e. The van der Waals surface area contributed by atoms with E-state index in [1.54, 1.807) is 56.3 Å². The molecule has 200 valence electrons. The van der Waals surface area contributed by atoms with E-state index in [0.717, 1.165) is 11.8 Å². The number of nitrogens with zero attached hydrogens (tertiary/aromatic N) is 1. The van der Waals surface area contributed by atoms with Crippen LogP contribution in [0.4, 0.5) is 20.2 Å². The molecule has 3 aromatic carbocycles. The number of carbonyl (C=O) groups is 2. The Balaban J connectivity index is 1.55. The second kappa shape index (κ2) is 11.0. The van der Waals surface area contributed by atoms with E-state index < -0.39 is 27.6 Å². The number of nitrogens with one attached hydrogen (secondary N) is 1. The molecule has 0 aromatic heterocycles. The maximum Gasteiger partial charge on any atom is 0.230 e. The fourth-order valence-corrected chi connectivity index (χ4v) is 5.49. The van der Waals surface area contributed by atoms with Gasteiger partial charge in [0.1, 0.15) is 17.4 Å². The highest BCUT2D eigenvalue weighted by molar-refractivity contribution is 7.92. The molecule has 4 rings (SSSR count). The van der Waals surface area contributed by atoms with Gasteiger partial charge < -0.3 is 4.90 Å². The third-order valence-corrected chi connectivity index (χ3v) is 7.37. The lowest BCUT2D eigenvalue weighted by Gasteiger charge is -2.33. The van der Waals surface area contributed by atoms with E-state index in [0.29, 0.717) is 36.2 Å². The van der Waals surface area contributed by atoms with E-state index in [1.165, 1.54) is 17.0 Å². The molecule has 1 fully saturated rings. The summed E-state index contributed by atoms with van der Waals surface area (Å²) in [5.41, 5.74) is 2.56. The highest BCUT2D eigenvalue weighted by atomic mass is 32.2. The van der Waals surface area contributed by atoms with Gasteiger partial charge in [-0.1, -0.05) is 30.3 Å². The van der Waals surface area contributed by atoms with E-state index in [4.69, 9.17) is 0 Å². The Morgan fingerprint density at radius 1 is 1.05 bits per heavy atom. The monoisotopic (exact) mass is 540 g/mol. The molecule has 1 saturated heterocycles. The zero-order valence-corrected chi connectivity index (χ0v) is 22.4. The summed E-state index contributed by atoms with van der Waals surface area (Å²) >= 11 is 0. The quantitative estimate of drug-likeness (QED) is 0.405. The summed E-state index contributed by atoms with van der Waals surface area (Å²) in [6, 6.07) is 14.4. The van der Waals surface area contributed by atoms with E-state index in [1.807, 2.05) is 0 Å². The molecule has 0 unspecified atom stereocenters. The number of para-hydroxylation sites is 1. The third-order valence-electron chi connectivity index (χ3n) is 6.78. The Kier molecular flexibility index (Phi) is 7.97. The molecule has 9 heteroatoms. The van der Waals surface area contributed by atoms with Crippen molar-refractivity contribution in [3.8, 4) is 11.1 Å². The van der Waals surface area contributed by atoms with Gasteiger partial charge in [-0.15, -0.1) is 0 Å². The van der Waals surface area contributed by atoms with Crippen LogP contribution in [0.1, 0.15) is 36.0 Å². The molecule has 38 heavy (non-hydrogen) atoms. The van der Waals surface area contributed by atoms with Crippen LogP contribution in [0.2, 0.25) is 0 Å². The SMILES string of the molecule is Cc1ccc(CC(=O)C[C@@H]2CCCN(c3ccc(-c4ccccc4NS(C)(=O)=O)c(F)c3C)C2=O)c(F)c1. The smallest absolute Gasteiger partial charge is 0.230 e. The summed E-state index contributed by atoms with van der Waals surface area (Å²) in [4.78, 5) is 27.6. The van der Waals surface area contributed by atoms with Crippen molar-refractivity contribution in [1.29, 1.82) is 0 Å². The van der Waals surface area contributed by atoms with Crippen molar-refractivity contribution in [3.05, 3.63) is 82.9 Å². The van der Waals surface area contributed by atoms with Crippen LogP contribution in [-0.2, 0) is 26.0 Å². The van der Waals surface area contributed by atoms with Crippen molar-refractivity contribution in [3.63, 3.8) is 0 Å². The van der Waals surface area contributed by atoms with Crippen LogP contribution in [0, 0.1) is 31.4 Å². The van der Waals surface area contributed by atoms with Crippen LogP contribution in [0.5, 0.6) is 0 Å². The topological polar surface area (TPSA) is 83.6 Å². The van der Waals surface area contributed by atoms with Gasteiger partial charge >= 0.3 is 0 Å². The molecule has 0 saturated carbocycles. The second-order valence-corrected chi connectivity index (χ2v) is 11.6. The first-order valence-corrected chi connectivity index (χ1v) is 14.3. The number of ketones is 1. The summed E-state index contributed by atoms with van der Waals surface area (Å²) in [6.45, 7) is 3.73. The molecular formula is C29H30F2N2O4S. The average Bonchev–Trinajstić information content (AvgIpc) is 2.84. The van der Waals surface area contributed by atoms with Crippen LogP contribution in [-0.4, -0.2) is 32.9 Å². The van der Waals surface area contributed by atoms with Crippen LogP contribution >= 0.6 is 0 Å². The Hall–Kier alpha value is -3.59. The molecule has 1 aliphatic rings. The lowest BCUT2D eigenvalue weighted by Crippen LogP contribution is -2.42. The Labute approximate surface area is 221 Å². The number of sulfonamides is 1. The number of rotatable bonds is 8. The first kappa shape index (κ1) is 27.4. The van der Waals surface area contributed by atoms with Crippen molar-refractivity contribution in [1.82, 2.24) is 0 Å². The number of aryl methyl sites for hydroxylation is 1. The summed E-state index contributed by atoms with van der Waals surface area (Å²) in [6.07, 6.45) is 2.11. The number of anilines is 2. The summed E-state index contributed by atoms with van der Waals surface area (Å²) in [5.74, 6) is -2.04. The van der Waals surface area contributed by atoms with Crippen LogP contribution in [0.25, 0.3) is 11.1 Å². The maximum absolute atomic E-state index is 15.7. The van der Waals surface area contributed by atoms with Gasteiger partial charge in [-0.05, 0) is 62.1 Å². The summed E-state index contributed by atoms with van der Waals surface area (Å²) in [5, 5.41) is 0. The van der Waals surface area contributed by atoms with E-state index in [2.05, 4.69) is 4.72 Å². The molecule has 1 N–H and O–H groups in total. The second-order valence-electron chi connectivity index (χ2n) is 9.83. The summed E-state index contributed by atoms with van der Waals surface area (Å²) < 4.78 is 55.8. The fraction of sp³-hybridized carbons (Fsp3) is 0.310. The number of hydrogen-bond donors (Lipinski definition) is 1. The van der Waals surface area contributed by atoms with E-state index in [-0.39, 0.29) is 41.3 Å². The fourth-order valence-electron chi connectivity index (χ4n) is 4.92. The molecule has 1 aliphatic heterocycles. The molecule has 6 nitrogen and oxygen atoms in total. The number of amides is 1. The Morgan fingerprint density at radius 2 is 1.79 bits per heavy atom.